The normalized spacial score (nSPS) is 16.6. The fourth-order valence-electron chi connectivity index (χ4n) is 3.08. The number of pyridine rings is 2. The van der Waals surface area contributed by atoms with Crippen LogP contribution in [0.25, 0.3) is 11.0 Å². The number of nitrogens with zero attached hydrogens (tertiary/aromatic N) is 4. The van der Waals surface area contributed by atoms with Gasteiger partial charge in [0.2, 0.25) is 0 Å². The second kappa shape index (κ2) is 6.48. The van der Waals surface area contributed by atoms with Crippen LogP contribution in [0, 0.1) is 17.8 Å². The van der Waals surface area contributed by atoms with E-state index in [4.69, 9.17) is 4.98 Å². The Kier molecular flexibility index (Phi) is 4.02. The van der Waals surface area contributed by atoms with Gasteiger partial charge in [-0.3, -0.25) is 9.36 Å². The fourth-order valence-corrected chi connectivity index (χ4v) is 3.08. The average molecular weight is 330 g/mol. The van der Waals surface area contributed by atoms with E-state index in [1.807, 2.05) is 24.3 Å². The largest absolute Gasteiger partial charge is 0.295 e. The molecule has 1 unspecified atom stereocenters. The van der Waals surface area contributed by atoms with Crippen molar-refractivity contribution in [3.05, 3.63) is 64.1 Å². The standard InChI is InChI=1S/C20H18N4O/c1-14-5-8-18-23-17-12-15(6-7-16-4-2-3-10-21-16)13-22-19(17)20(25)24(18)11-9-14/h2-4,10,12-14H,5,8-9,11H2,1H3. The Labute approximate surface area is 145 Å². The molecule has 0 bridgehead atoms. The summed E-state index contributed by atoms with van der Waals surface area (Å²) in [5.74, 6) is 7.52. The summed E-state index contributed by atoms with van der Waals surface area (Å²) >= 11 is 0. The van der Waals surface area contributed by atoms with Crippen molar-refractivity contribution in [2.75, 3.05) is 0 Å². The highest BCUT2D eigenvalue weighted by Crippen LogP contribution is 2.18. The van der Waals surface area contributed by atoms with Gasteiger partial charge in [0.05, 0.1) is 5.52 Å². The Balaban J connectivity index is 1.77. The van der Waals surface area contributed by atoms with Gasteiger partial charge < -0.3 is 0 Å². The summed E-state index contributed by atoms with van der Waals surface area (Å²) in [6, 6.07) is 7.45. The van der Waals surface area contributed by atoms with Crippen molar-refractivity contribution < 1.29 is 0 Å². The fraction of sp³-hybridized carbons (Fsp3) is 0.300. The molecule has 25 heavy (non-hydrogen) atoms. The molecule has 0 amide bonds. The zero-order valence-electron chi connectivity index (χ0n) is 14.1. The SMILES string of the molecule is CC1CCc2nc3cc(C#Cc4ccccn4)cnc3c(=O)n2CC1. The van der Waals surface area contributed by atoms with E-state index in [2.05, 4.69) is 28.7 Å². The van der Waals surface area contributed by atoms with Gasteiger partial charge in [0.25, 0.3) is 5.56 Å². The quantitative estimate of drug-likeness (QED) is 0.594. The molecule has 0 spiro atoms. The highest BCUT2D eigenvalue weighted by Gasteiger charge is 2.17. The maximum atomic E-state index is 12.7. The number of rotatable bonds is 0. The Hall–Kier alpha value is -3.00. The molecule has 0 fully saturated rings. The van der Waals surface area contributed by atoms with Crippen molar-refractivity contribution in [1.29, 1.82) is 0 Å². The lowest BCUT2D eigenvalue weighted by Crippen LogP contribution is -2.25. The molecule has 0 saturated carbocycles. The van der Waals surface area contributed by atoms with E-state index in [1.165, 1.54) is 0 Å². The summed E-state index contributed by atoms with van der Waals surface area (Å²) in [5, 5.41) is 0. The predicted molar refractivity (Wildman–Crippen MR) is 96.1 cm³/mol. The van der Waals surface area contributed by atoms with Gasteiger partial charge in [0, 0.05) is 30.9 Å². The van der Waals surface area contributed by atoms with E-state index in [-0.39, 0.29) is 5.56 Å². The lowest BCUT2D eigenvalue weighted by molar-refractivity contribution is 0.483. The summed E-state index contributed by atoms with van der Waals surface area (Å²) in [6.45, 7) is 2.95. The molecule has 3 aromatic heterocycles. The molecule has 0 N–H and O–H groups in total. The molecule has 3 aromatic rings. The maximum Gasteiger partial charge on any atom is 0.280 e. The Morgan fingerprint density at radius 3 is 2.96 bits per heavy atom. The van der Waals surface area contributed by atoms with Crippen LogP contribution in [0.1, 0.15) is 36.8 Å². The van der Waals surface area contributed by atoms with Crippen LogP contribution in [0.3, 0.4) is 0 Å². The molecule has 5 heteroatoms. The topological polar surface area (TPSA) is 60.7 Å². The van der Waals surface area contributed by atoms with Crippen LogP contribution in [-0.4, -0.2) is 19.5 Å². The van der Waals surface area contributed by atoms with Crippen LogP contribution in [0.4, 0.5) is 0 Å². The molecule has 4 heterocycles. The third kappa shape index (κ3) is 3.16. The van der Waals surface area contributed by atoms with E-state index in [1.54, 1.807) is 17.0 Å². The van der Waals surface area contributed by atoms with Crippen molar-refractivity contribution in [1.82, 2.24) is 19.5 Å². The molecular formula is C20H18N4O. The van der Waals surface area contributed by atoms with Gasteiger partial charge in [0.15, 0.2) is 5.52 Å². The summed E-state index contributed by atoms with van der Waals surface area (Å²) in [7, 11) is 0. The first-order valence-corrected chi connectivity index (χ1v) is 8.53. The molecule has 0 saturated heterocycles. The van der Waals surface area contributed by atoms with Crippen LogP contribution in [0.15, 0.2) is 41.5 Å². The predicted octanol–water partition coefficient (Wildman–Crippen LogP) is 2.56. The van der Waals surface area contributed by atoms with Crippen LogP contribution in [0.2, 0.25) is 0 Å². The van der Waals surface area contributed by atoms with Crippen LogP contribution < -0.4 is 5.56 Å². The van der Waals surface area contributed by atoms with Gasteiger partial charge in [-0.25, -0.2) is 15.0 Å². The molecule has 0 radical (unpaired) electrons. The van der Waals surface area contributed by atoms with Crippen molar-refractivity contribution in [3.63, 3.8) is 0 Å². The van der Waals surface area contributed by atoms with Gasteiger partial charge in [-0.15, -0.1) is 0 Å². The average Bonchev–Trinajstić information content (AvgIpc) is 2.83. The van der Waals surface area contributed by atoms with Crippen molar-refractivity contribution >= 4 is 11.0 Å². The molecule has 124 valence electrons. The number of aryl methyl sites for hydroxylation is 1. The van der Waals surface area contributed by atoms with Gasteiger partial charge in [-0.2, -0.15) is 0 Å². The minimum Gasteiger partial charge on any atom is -0.295 e. The third-order valence-corrected chi connectivity index (χ3v) is 4.58. The van der Waals surface area contributed by atoms with E-state index < -0.39 is 0 Å². The van der Waals surface area contributed by atoms with Crippen LogP contribution >= 0.6 is 0 Å². The molecule has 1 atom stereocenters. The number of hydrogen-bond acceptors (Lipinski definition) is 4. The molecule has 0 aromatic carbocycles. The minimum atomic E-state index is -0.0432. The lowest BCUT2D eigenvalue weighted by Gasteiger charge is -2.09. The molecule has 0 aliphatic carbocycles. The number of hydrogen-bond donors (Lipinski definition) is 0. The van der Waals surface area contributed by atoms with E-state index in [9.17, 15) is 4.79 Å². The van der Waals surface area contributed by atoms with Gasteiger partial charge >= 0.3 is 0 Å². The highest BCUT2D eigenvalue weighted by atomic mass is 16.1. The van der Waals surface area contributed by atoms with Crippen molar-refractivity contribution in [3.8, 4) is 11.8 Å². The minimum absolute atomic E-state index is 0.0432. The van der Waals surface area contributed by atoms with E-state index in [0.717, 1.165) is 37.2 Å². The number of aromatic nitrogens is 4. The highest BCUT2D eigenvalue weighted by molar-refractivity contribution is 5.74. The zero-order chi connectivity index (χ0) is 17.2. The van der Waals surface area contributed by atoms with Gasteiger partial charge in [-0.05, 0) is 42.9 Å². The van der Waals surface area contributed by atoms with Crippen molar-refractivity contribution in [2.24, 2.45) is 5.92 Å². The van der Waals surface area contributed by atoms with Crippen molar-refractivity contribution in [2.45, 2.75) is 32.7 Å². The third-order valence-electron chi connectivity index (χ3n) is 4.58. The Morgan fingerprint density at radius 2 is 2.12 bits per heavy atom. The van der Waals surface area contributed by atoms with E-state index >= 15 is 0 Å². The van der Waals surface area contributed by atoms with Gasteiger partial charge in [-0.1, -0.05) is 18.9 Å². The Morgan fingerprint density at radius 1 is 1.20 bits per heavy atom. The second-order valence-electron chi connectivity index (χ2n) is 6.47. The number of fused-ring (bicyclic) bond motifs is 2. The molecular weight excluding hydrogens is 312 g/mol. The first-order chi connectivity index (χ1) is 12.2. The first-order valence-electron chi connectivity index (χ1n) is 8.53. The summed E-state index contributed by atoms with van der Waals surface area (Å²) in [4.78, 5) is 26.0. The maximum absolute atomic E-state index is 12.7. The van der Waals surface area contributed by atoms with Crippen LogP contribution in [-0.2, 0) is 13.0 Å². The first kappa shape index (κ1) is 15.5. The summed E-state index contributed by atoms with van der Waals surface area (Å²) in [6.07, 6.45) is 6.24. The smallest absolute Gasteiger partial charge is 0.280 e. The summed E-state index contributed by atoms with van der Waals surface area (Å²) in [5.41, 5.74) is 2.43. The monoisotopic (exact) mass is 330 g/mol. The molecule has 5 nitrogen and oxygen atoms in total. The summed E-state index contributed by atoms with van der Waals surface area (Å²) < 4.78 is 1.79. The zero-order valence-corrected chi connectivity index (χ0v) is 14.1. The second-order valence-corrected chi connectivity index (χ2v) is 6.47. The van der Waals surface area contributed by atoms with E-state index in [0.29, 0.717) is 22.6 Å². The molecule has 4 rings (SSSR count). The van der Waals surface area contributed by atoms with Crippen LogP contribution in [0.5, 0.6) is 0 Å². The Bertz CT molecular complexity index is 1040. The molecule has 1 aliphatic heterocycles. The lowest BCUT2D eigenvalue weighted by atomic mass is 10.0. The molecule has 1 aliphatic rings. The van der Waals surface area contributed by atoms with Gasteiger partial charge in [0.1, 0.15) is 11.5 Å².